The maximum absolute atomic E-state index is 14.1. The Morgan fingerprint density at radius 2 is 1.67 bits per heavy atom. The molecule has 4 aliphatic heterocycles. The number of unbranched alkanes of at least 4 members (excludes halogenated alkanes) is 3. The Balaban J connectivity index is 0.701. The van der Waals surface area contributed by atoms with Crippen LogP contribution in [-0.4, -0.2) is 107 Å². The van der Waals surface area contributed by atoms with Crippen molar-refractivity contribution in [3.05, 3.63) is 99.0 Å². The molecule has 0 bridgehead atoms. The molecular formula is C50H57N7O6. The van der Waals surface area contributed by atoms with E-state index < -0.39 is 17.4 Å². The number of ether oxygens (including phenoxy) is 1. The Morgan fingerprint density at radius 3 is 2.41 bits per heavy atom. The zero-order valence-electron chi connectivity index (χ0n) is 36.7. The number of hydrogen-bond donors (Lipinski definition) is 2. The van der Waals surface area contributed by atoms with Gasteiger partial charge in [0.15, 0.2) is 11.5 Å². The number of imide groups is 1. The van der Waals surface area contributed by atoms with Crippen LogP contribution in [0.1, 0.15) is 127 Å². The lowest BCUT2D eigenvalue weighted by Crippen LogP contribution is -2.54. The number of piperazine rings is 1. The molecule has 1 unspecified atom stereocenters. The van der Waals surface area contributed by atoms with Crippen LogP contribution in [0.3, 0.4) is 0 Å². The Morgan fingerprint density at radius 1 is 0.889 bits per heavy atom. The molecule has 1 atom stereocenters. The molecule has 2 N–H and O–H groups in total. The van der Waals surface area contributed by atoms with Crippen LogP contribution >= 0.6 is 0 Å². The number of nitrogens with zero attached hydrogens (tertiary/aromatic N) is 5. The van der Waals surface area contributed by atoms with Crippen molar-refractivity contribution in [3.8, 4) is 5.75 Å². The van der Waals surface area contributed by atoms with Crippen LogP contribution in [-0.2, 0) is 32.8 Å². The van der Waals surface area contributed by atoms with E-state index in [0.717, 1.165) is 123 Å². The van der Waals surface area contributed by atoms with Crippen LogP contribution in [0.2, 0.25) is 0 Å². The summed E-state index contributed by atoms with van der Waals surface area (Å²) in [5, 5.41) is 3.22. The molecule has 0 saturated carbocycles. The van der Waals surface area contributed by atoms with Crippen molar-refractivity contribution >= 4 is 51.7 Å². The van der Waals surface area contributed by atoms with E-state index in [2.05, 4.69) is 57.8 Å². The summed E-state index contributed by atoms with van der Waals surface area (Å²) in [6.45, 7) is 20.1. The molecular weight excluding hydrogens is 795 g/mol. The Hall–Kier alpha value is -6.00. The van der Waals surface area contributed by atoms with Crippen molar-refractivity contribution in [1.82, 2.24) is 25.0 Å². The average molecular weight is 852 g/mol. The lowest BCUT2D eigenvalue weighted by molar-refractivity contribution is -0.137. The maximum atomic E-state index is 14.1. The van der Waals surface area contributed by atoms with Crippen molar-refractivity contribution in [3.63, 3.8) is 0 Å². The Labute approximate surface area is 368 Å². The fourth-order valence-electron chi connectivity index (χ4n) is 10.7. The standard InChI is InChI=1S/C50H57N7O6/c1-5-31-27-38-39(50(2,3)47-45(46(38)60)37-13-11-33(51-4)28-40(37)52-47)29-42(31)55-19-17-34(18-20-55)54-21-23-56(24-22-54)44(59)10-8-6-7-9-25-63-35-12-14-36-32(26-35)30-57(49(36)62)41-15-16-43(58)53-48(41)61/h11-14,26-29,34,41,52H,5-10,15-25,30H2,1-3H3,(H,53,58,61). The summed E-state index contributed by atoms with van der Waals surface area (Å²) in [6.07, 6.45) is 7.74. The number of amides is 4. The third-order valence-electron chi connectivity index (χ3n) is 14.3. The lowest BCUT2D eigenvalue weighted by atomic mass is 9.70. The molecule has 13 nitrogen and oxygen atoms in total. The molecule has 3 aromatic carbocycles. The van der Waals surface area contributed by atoms with Gasteiger partial charge in [0.05, 0.1) is 18.7 Å². The van der Waals surface area contributed by atoms with Gasteiger partial charge in [-0.1, -0.05) is 45.7 Å². The Bertz CT molecular complexity index is 2540. The van der Waals surface area contributed by atoms with Crippen LogP contribution in [0.4, 0.5) is 11.4 Å². The highest BCUT2D eigenvalue weighted by molar-refractivity contribution is 6.20. The third kappa shape index (κ3) is 7.99. The van der Waals surface area contributed by atoms with Gasteiger partial charge in [-0.25, -0.2) is 4.85 Å². The van der Waals surface area contributed by atoms with Gasteiger partial charge in [-0.2, -0.15) is 0 Å². The Kier molecular flexibility index (Phi) is 11.6. The summed E-state index contributed by atoms with van der Waals surface area (Å²) in [5.74, 6) is 0.0853. The maximum Gasteiger partial charge on any atom is 0.255 e. The van der Waals surface area contributed by atoms with Crippen LogP contribution in [0.5, 0.6) is 5.75 Å². The van der Waals surface area contributed by atoms with E-state index >= 15 is 0 Å². The van der Waals surface area contributed by atoms with Crippen molar-refractivity contribution in [2.75, 3.05) is 50.8 Å². The van der Waals surface area contributed by atoms with E-state index in [1.165, 1.54) is 11.3 Å². The van der Waals surface area contributed by atoms with Crippen LogP contribution in [0.25, 0.3) is 15.7 Å². The number of carbonyl (C=O) groups excluding carboxylic acids is 5. The first-order chi connectivity index (χ1) is 30.4. The number of hydrogen-bond acceptors (Lipinski definition) is 8. The summed E-state index contributed by atoms with van der Waals surface area (Å²) < 4.78 is 6.00. The summed E-state index contributed by atoms with van der Waals surface area (Å²) in [5.41, 5.74) is 8.29. The van der Waals surface area contributed by atoms with Crippen molar-refractivity contribution in [2.45, 2.75) is 109 Å². The van der Waals surface area contributed by atoms with Gasteiger partial charge in [-0.15, -0.1) is 0 Å². The molecule has 1 aliphatic carbocycles. The summed E-state index contributed by atoms with van der Waals surface area (Å²) >= 11 is 0. The van der Waals surface area contributed by atoms with E-state index in [1.807, 2.05) is 23.1 Å². The molecule has 13 heteroatoms. The van der Waals surface area contributed by atoms with Crippen LogP contribution in [0, 0.1) is 6.57 Å². The third-order valence-corrected chi connectivity index (χ3v) is 14.3. The van der Waals surface area contributed by atoms with Gasteiger partial charge in [-0.05, 0) is 91.6 Å². The molecule has 5 heterocycles. The van der Waals surface area contributed by atoms with Gasteiger partial charge in [0.25, 0.3) is 5.91 Å². The first-order valence-corrected chi connectivity index (χ1v) is 22.9. The van der Waals surface area contributed by atoms with Crippen molar-refractivity contribution in [1.29, 1.82) is 0 Å². The minimum atomic E-state index is -0.633. The summed E-state index contributed by atoms with van der Waals surface area (Å²) in [4.78, 5) is 80.0. The smallest absolute Gasteiger partial charge is 0.255 e. The number of anilines is 1. The minimum Gasteiger partial charge on any atom is -0.494 e. The minimum absolute atomic E-state index is 0.0541. The molecule has 0 spiro atoms. The average Bonchev–Trinajstić information content (AvgIpc) is 3.85. The monoisotopic (exact) mass is 851 g/mol. The van der Waals surface area contributed by atoms with E-state index in [0.29, 0.717) is 49.0 Å². The zero-order chi connectivity index (χ0) is 44.0. The second-order valence-electron chi connectivity index (χ2n) is 18.4. The van der Waals surface area contributed by atoms with Crippen LogP contribution < -0.4 is 15.0 Å². The van der Waals surface area contributed by atoms with E-state index in [-0.39, 0.29) is 29.9 Å². The molecule has 9 rings (SSSR count). The van der Waals surface area contributed by atoms with Gasteiger partial charge < -0.3 is 24.4 Å². The van der Waals surface area contributed by atoms with Gasteiger partial charge in [0.2, 0.25) is 17.7 Å². The van der Waals surface area contributed by atoms with Crippen molar-refractivity contribution in [2.24, 2.45) is 0 Å². The number of aromatic amines is 1. The predicted molar refractivity (Wildman–Crippen MR) is 240 cm³/mol. The number of aryl methyl sites for hydroxylation is 1. The molecule has 0 radical (unpaired) electrons. The molecule has 5 aliphatic rings. The molecule has 3 fully saturated rings. The molecule has 4 amide bonds. The second-order valence-corrected chi connectivity index (χ2v) is 18.4. The van der Waals surface area contributed by atoms with Crippen LogP contribution in [0.15, 0.2) is 48.5 Å². The number of aromatic nitrogens is 1. The number of nitrogens with one attached hydrogen (secondary N) is 2. The van der Waals surface area contributed by atoms with E-state index in [9.17, 15) is 24.0 Å². The molecule has 63 heavy (non-hydrogen) atoms. The largest absolute Gasteiger partial charge is 0.494 e. The highest BCUT2D eigenvalue weighted by Crippen LogP contribution is 2.46. The van der Waals surface area contributed by atoms with Crippen molar-refractivity contribution < 1.29 is 28.7 Å². The number of carbonyl (C=O) groups is 5. The van der Waals surface area contributed by atoms with Gasteiger partial charge >= 0.3 is 0 Å². The number of H-pyrrole nitrogens is 1. The topological polar surface area (TPSA) is 140 Å². The fraction of sp³-hybridized carbons (Fsp3) is 0.480. The first kappa shape index (κ1) is 42.3. The molecule has 328 valence electrons. The quantitative estimate of drug-likeness (QED) is 0.0879. The fourth-order valence-corrected chi connectivity index (χ4v) is 10.7. The predicted octanol–water partition coefficient (Wildman–Crippen LogP) is 7.05. The zero-order valence-corrected chi connectivity index (χ0v) is 36.7. The van der Waals surface area contributed by atoms with Gasteiger partial charge in [0, 0.05) is 104 Å². The normalized spacial score (nSPS) is 20.1. The van der Waals surface area contributed by atoms with E-state index in [4.69, 9.17) is 11.3 Å². The van der Waals surface area contributed by atoms with E-state index in [1.54, 1.807) is 23.1 Å². The molecule has 3 saturated heterocycles. The van der Waals surface area contributed by atoms with Gasteiger partial charge in [-0.3, -0.25) is 34.2 Å². The number of rotatable bonds is 12. The summed E-state index contributed by atoms with van der Waals surface area (Å²) in [6, 6.07) is 15.3. The molecule has 4 aromatic rings. The number of benzene rings is 3. The number of fused-ring (bicyclic) bond motifs is 5. The number of ketones is 1. The molecule has 1 aromatic heterocycles. The lowest BCUT2D eigenvalue weighted by Gasteiger charge is -2.44. The first-order valence-electron chi connectivity index (χ1n) is 22.9. The summed E-state index contributed by atoms with van der Waals surface area (Å²) in [7, 11) is 0. The highest BCUT2D eigenvalue weighted by atomic mass is 16.5. The highest BCUT2D eigenvalue weighted by Gasteiger charge is 2.42. The number of piperidine rings is 2. The van der Waals surface area contributed by atoms with Gasteiger partial charge in [0.1, 0.15) is 11.8 Å². The SMILES string of the molecule is [C-]#[N+]c1ccc2c3c([nH]c2c1)C(C)(C)c1cc(N2CCC(N4CCN(C(=O)CCCCCCOc5ccc6c(c5)CN(C5CCC(=O)NC5=O)C6=O)CC4)CC2)c(CC)cc1C3=O. The second kappa shape index (κ2) is 17.3.